The third kappa shape index (κ3) is 2.96. The van der Waals surface area contributed by atoms with Gasteiger partial charge in [0.1, 0.15) is 17.4 Å². The number of ether oxygens (including phenoxy) is 1. The molecule has 0 fully saturated rings. The fourth-order valence-electron chi connectivity index (χ4n) is 2.21. The zero-order valence-corrected chi connectivity index (χ0v) is 11.7. The fourth-order valence-corrected chi connectivity index (χ4v) is 2.21. The van der Waals surface area contributed by atoms with E-state index in [-0.39, 0.29) is 17.7 Å². The molecule has 0 saturated heterocycles. The van der Waals surface area contributed by atoms with Gasteiger partial charge in [-0.1, -0.05) is 12.1 Å². The molecule has 1 aromatic carbocycles. The molecule has 0 aliphatic heterocycles. The largest absolute Gasteiger partial charge is 0.496 e. The molecule has 0 radical (unpaired) electrons. The predicted octanol–water partition coefficient (Wildman–Crippen LogP) is 1.78. The molecule has 0 bridgehead atoms. The highest BCUT2D eigenvalue weighted by molar-refractivity contribution is 5.68. The Hall–Kier alpha value is -2.58. The van der Waals surface area contributed by atoms with Gasteiger partial charge in [0.2, 0.25) is 0 Å². The average molecular weight is 284 g/mol. The van der Waals surface area contributed by atoms with Gasteiger partial charge in [0.25, 0.3) is 5.56 Å². The van der Waals surface area contributed by atoms with Crippen LogP contribution in [0.25, 0.3) is 11.3 Å². The maximum absolute atomic E-state index is 12.3. The van der Waals surface area contributed by atoms with Gasteiger partial charge in [-0.15, -0.1) is 0 Å². The third-order valence-electron chi connectivity index (χ3n) is 3.22. The Balaban J connectivity index is 2.65. The number of hydrogen-bond acceptors (Lipinski definition) is 4. The van der Waals surface area contributed by atoms with E-state index >= 15 is 0 Å². The van der Waals surface area contributed by atoms with E-state index in [2.05, 4.69) is 0 Å². The van der Waals surface area contributed by atoms with Crippen LogP contribution in [0.5, 0.6) is 5.75 Å². The molecule has 0 atom stereocenters. The highest BCUT2D eigenvalue weighted by Gasteiger charge is 2.13. The molecule has 108 valence electrons. The summed E-state index contributed by atoms with van der Waals surface area (Å²) >= 11 is 0. The number of hydrogen-bond donors (Lipinski definition) is 1. The normalized spacial score (nSPS) is 10.1. The summed E-state index contributed by atoms with van der Waals surface area (Å²) in [6.45, 7) is 0.326. The fraction of sp³-hybridized carbons (Fsp3) is 0.250. The minimum atomic E-state index is -0.352. The van der Waals surface area contributed by atoms with Crippen LogP contribution in [0.1, 0.15) is 12.0 Å². The number of benzene rings is 1. The summed E-state index contributed by atoms with van der Waals surface area (Å²) < 4.78 is 6.83. The van der Waals surface area contributed by atoms with Gasteiger partial charge in [0.15, 0.2) is 0 Å². The summed E-state index contributed by atoms with van der Waals surface area (Å²) in [6.07, 6.45) is 0.441. The standard InChI is InChI=1S/C16H16N2O3/c1-21-15-6-3-2-5-13(15)14-8-7-12(11-17)16(20)18(14)9-4-10-19/h2-3,5-8,19H,4,9-10H2,1H3. The molecular weight excluding hydrogens is 268 g/mol. The molecule has 2 rings (SSSR count). The lowest BCUT2D eigenvalue weighted by molar-refractivity contribution is 0.279. The number of aliphatic hydroxyl groups is 1. The first-order valence-corrected chi connectivity index (χ1v) is 6.61. The second kappa shape index (κ2) is 6.73. The number of aliphatic hydroxyl groups excluding tert-OH is 1. The third-order valence-corrected chi connectivity index (χ3v) is 3.22. The van der Waals surface area contributed by atoms with E-state index in [1.165, 1.54) is 10.6 Å². The van der Waals surface area contributed by atoms with E-state index < -0.39 is 0 Å². The number of methoxy groups -OCH3 is 1. The Morgan fingerprint density at radius 3 is 2.71 bits per heavy atom. The Labute approximate surface area is 122 Å². The topological polar surface area (TPSA) is 75.2 Å². The molecule has 2 aromatic rings. The van der Waals surface area contributed by atoms with Crippen molar-refractivity contribution in [2.75, 3.05) is 13.7 Å². The summed E-state index contributed by atoms with van der Waals surface area (Å²) in [5.74, 6) is 0.652. The molecule has 5 nitrogen and oxygen atoms in total. The minimum absolute atomic E-state index is 0.0193. The van der Waals surface area contributed by atoms with Crippen molar-refractivity contribution >= 4 is 0 Å². The Morgan fingerprint density at radius 2 is 2.05 bits per heavy atom. The first-order valence-electron chi connectivity index (χ1n) is 6.61. The highest BCUT2D eigenvalue weighted by Crippen LogP contribution is 2.28. The maximum atomic E-state index is 12.3. The van der Waals surface area contributed by atoms with E-state index in [9.17, 15) is 4.79 Å². The Morgan fingerprint density at radius 1 is 1.29 bits per heavy atom. The lowest BCUT2D eigenvalue weighted by Gasteiger charge is -2.15. The van der Waals surface area contributed by atoms with Crippen LogP contribution < -0.4 is 10.3 Å². The molecule has 0 aliphatic carbocycles. The molecule has 1 aromatic heterocycles. The molecule has 0 saturated carbocycles. The number of aromatic nitrogens is 1. The van der Waals surface area contributed by atoms with E-state index in [4.69, 9.17) is 15.1 Å². The van der Waals surface area contributed by atoms with Crippen LogP contribution in [-0.2, 0) is 6.54 Å². The van der Waals surface area contributed by atoms with Crippen LogP contribution in [0.2, 0.25) is 0 Å². The number of rotatable bonds is 5. The number of nitriles is 1. The Kier molecular flexibility index (Phi) is 4.75. The van der Waals surface area contributed by atoms with Crippen molar-refractivity contribution in [3.05, 3.63) is 52.3 Å². The van der Waals surface area contributed by atoms with Gasteiger partial charge < -0.3 is 14.4 Å². The zero-order chi connectivity index (χ0) is 15.2. The summed E-state index contributed by atoms with van der Waals surface area (Å²) in [7, 11) is 1.57. The van der Waals surface area contributed by atoms with Crippen molar-refractivity contribution in [1.82, 2.24) is 4.57 Å². The summed E-state index contributed by atoms with van der Waals surface area (Å²) in [4.78, 5) is 12.3. The zero-order valence-electron chi connectivity index (χ0n) is 11.7. The molecule has 0 amide bonds. The van der Waals surface area contributed by atoms with Gasteiger partial charge in [0.05, 0.1) is 12.8 Å². The first-order chi connectivity index (χ1) is 10.2. The summed E-state index contributed by atoms with van der Waals surface area (Å²) in [5.41, 5.74) is 1.19. The van der Waals surface area contributed by atoms with Gasteiger partial charge in [-0.2, -0.15) is 5.26 Å². The van der Waals surface area contributed by atoms with Gasteiger partial charge in [-0.25, -0.2) is 0 Å². The molecule has 0 unspecified atom stereocenters. The van der Waals surface area contributed by atoms with Gasteiger partial charge >= 0.3 is 0 Å². The van der Waals surface area contributed by atoms with E-state index in [0.29, 0.717) is 24.4 Å². The van der Waals surface area contributed by atoms with Crippen LogP contribution >= 0.6 is 0 Å². The second-order valence-corrected chi connectivity index (χ2v) is 4.48. The van der Waals surface area contributed by atoms with Crippen LogP contribution in [0.15, 0.2) is 41.2 Å². The van der Waals surface area contributed by atoms with Crippen molar-refractivity contribution in [3.63, 3.8) is 0 Å². The first kappa shape index (κ1) is 14.8. The summed E-state index contributed by atoms with van der Waals surface area (Å²) in [5, 5.41) is 18.0. The molecule has 1 N–H and O–H groups in total. The molecule has 5 heteroatoms. The molecular formula is C16H16N2O3. The van der Waals surface area contributed by atoms with Crippen molar-refractivity contribution in [1.29, 1.82) is 5.26 Å². The SMILES string of the molecule is COc1ccccc1-c1ccc(C#N)c(=O)n1CCCO. The quantitative estimate of drug-likeness (QED) is 0.908. The van der Waals surface area contributed by atoms with Gasteiger partial charge in [-0.05, 0) is 30.7 Å². The summed E-state index contributed by atoms with van der Waals surface area (Å²) in [6, 6.07) is 12.5. The highest BCUT2D eigenvalue weighted by atomic mass is 16.5. The lowest BCUT2D eigenvalue weighted by atomic mass is 10.1. The van der Waals surface area contributed by atoms with Crippen LogP contribution in [-0.4, -0.2) is 23.4 Å². The number of para-hydroxylation sites is 1. The van der Waals surface area contributed by atoms with Crippen LogP contribution in [0.4, 0.5) is 0 Å². The minimum Gasteiger partial charge on any atom is -0.496 e. The lowest BCUT2D eigenvalue weighted by Crippen LogP contribution is -2.24. The van der Waals surface area contributed by atoms with E-state index in [1.807, 2.05) is 30.3 Å². The molecule has 1 heterocycles. The maximum Gasteiger partial charge on any atom is 0.268 e. The number of nitrogens with zero attached hydrogens (tertiary/aromatic N) is 2. The van der Waals surface area contributed by atoms with Crippen LogP contribution in [0.3, 0.4) is 0 Å². The van der Waals surface area contributed by atoms with Crippen molar-refractivity contribution in [3.8, 4) is 23.1 Å². The van der Waals surface area contributed by atoms with Crippen LogP contribution in [0, 0.1) is 11.3 Å². The second-order valence-electron chi connectivity index (χ2n) is 4.48. The van der Waals surface area contributed by atoms with E-state index in [1.54, 1.807) is 13.2 Å². The van der Waals surface area contributed by atoms with E-state index in [0.717, 1.165) is 5.56 Å². The smallest absolute Gasteiger partial charge is 0.268 e. The number of pyridine rings is 1. The Bertz CT molecular complexity index is 729. The molecule has 0 spiro atoms. The van der Waals surface area contributed by atoms with Crippen molar-refractivity contribution in [2.45, 2.75) is 13.0 Å². The molecule has 0 aliphatic rings. The average Bonchev–Trinajstić information content (AvgIpc) is 2.53. The van der Waals surface area contributed by atoms with Gasteiger partial charge in [0, 0.05) is 18.7 Å². The molecule has 21 heavy (non-hydrogen) atoms. The monoisotopic (exact) mass is 284 g/mol. The van der Waals surface area contributed by atoms with Crippen molar-refractivity contribution in [2.24, 2.45) is 0 Å². The van der Waals surface area contributed by atoms with Gasteiger partial charge in [-0.3, -0.25) is 4.79 Å². The van der Waals surface area contributed by atoms with Crippen molar-refractivity contribution < 1.29 is 9.84 Å². The predicted molar refractivity (Wildman–Crippen MR) is 79.1 cm³/mol.